The maximum atomic E-state index is 5.38. The van der Waals surface area contributed by atoms with Crippen LogP contribution in [0.2, 0.25) is 0 Å². The topological polar surface area (TPSA) is 75.2 Å². The summed E-state index contributed by atoms with van der Waals surface area (Å²) >= 11 is 0. The first kappa shape index (κ1) is 17.4. The first-order chi connectivity index (χ1) is 9.86. The highest BCUT2D eigenvalue weighted by atomic mass is 16.5. The van der Waals surface area contributed by atoms with Crippen LogP contribution in [-0.4, -0.2) is 60.2 Å². The molecule has 7 heteroatoms. The number of aromatic nitrogens is 3. The largest absolute Gasteiger partial charge is 0.464 e. The van der Waals surface area contributed by atoms with Crippen LogP contribution in [0.25, 0.3) is 0 Å². The molecule has 0 aliphatic heterocycles. The number of ether oxygens (including phenoxy) is 1. The standard InChI is InChI=1S/C14H28N6O/c1-7-15-11-17-12(19-13(18-11)21-8-2)16-9-14(3,4)10-20(5)6/h7-10H2,1-6H3,(H2,15,16,17,18,19). The van der Waals surface area contributed by atoms with Crippen molar-refractivity contribution in [3.05, 3.63) is 0 Å². The van der Waals surface area contributed by atoms with Crippen LogP contribution in [0, 0.1) is 5.41 Å². The molecule has 1 aromatic rings. The minimum Gasteiger partial charge on any atom is -0.464 e. The van der Waals surface area contributed by atoms with Gasteiger partial charge in [0, 0.05) is 19.6 Å². The van der Waals surface area contributed by atoms with E-state index < -0.39 is 0 Å². The van der Waals surface area contributed by atoms with E-state index in [0.29, 0.717) is 24.5 Å². The summed E-state index contributed by atoms with van der Waals surface area (Å²) in [5.41, 5.74) is 0.111. The van der Waals surface area contributed by atoms with E-state index in [1.165, 1.54) is 0 Å². The van der Waals surface area contributed by atoms with E-state index in [0.717, 1.165) is 19.6 Å². The van der Waals surface area contributed by atoms with E-state index >= 15 is 0 Å². The van der Waals surface area contributed by atoms with Gasteiger partial charge in [-0.15, -0.1) is 0 Å². The Labute approximate surface area is 127 Å². The Morgan fingerprint density at radius 2 is 1.67 bits per heavy atom. The van der Waals surface area contributed by atoms with Gasteiger partial charge in [-0.1, -0.05) is 13.8 Å². The molecule has 0 bridgehead atoms. The second kappa shape index (κ2) is 7.97. The van der Waals surface area contributed by atoms with Crippen molar-refractivity contribution in [3.63, 3.8) is 0 Å². The molecule has 0 saturated carbocycles. The van der Waals surface area contributed by atoms with Crippen molar-refractivity contribution in [2.24, 2.45) is 5.41 Å². The first-order valence-electron chi connectivity index (χ1n) is 7.37. The molecule has 0 amide bonds. The molecule has 7 nitrogen and oxygen atoms in total. The van der Waals surface area contributed by atoms with Crippen LogP contribution in [0.1, 0.15) is 27.7 Å². The van der Waals surface area contributed by atoms with Crippen molar-refractivity contribution in [1.82, 2.24) is 19.9 Å². The normalized spacial score (nSPS) is 11.6. The predicted octanol–water partition coefficient (Wildman–Crippen LogP) is 1.70. The molecule has 0 fully saturated rings. The van der Waals surface area contributed by atoms with Crippen molar-refractivity contribution < 1.29 is 4.74 Å². The van der Waals surface area contributed by atoms with Crippen molar-refractivity contribution in [2.75, 3.05) is 51.0 Å². The minimum absolute atomic E-state index is 0.111. The molecule has 0 aromatic carbocycles. The highest BCUT2D eigenvalue weighted by Gasteiger charge is 2.19. The average molecular weight is 296 g/mol. The molecule has 1 aromatic heterocycles. The molecular formula is C14H28N6O. The third-order valence-corrected chi connectivity index (χ3v) is 2.69. The van der Waals surface area contributed by atoms with Crippen molar-refractivity contribution >= 4 is 11.9 Å². The van der Waals surface area contributed by atoms with Crippen LogP contribution in [0.3, 0.4) is 0 Å². The van der Waals surface area contributed by atoms with E-state index in [1.54, 1.807) is 0 Å². The highest BCUT2D eigenvalue weighted by molar-refractivity contribution is 5.35. The molecular weight excluding hydrogens is 268 g/mol. The Balaban J connectivity index is 2.76. The molecule has 2 N–H and O–H groups in total. The van der Waals surface area contributed by atoms with Gasteiger partial charge in [-0.25, -0.2) is 0 Å². The van der Waals surface area contributed by atoms with Gasteiger partial charge in [0.25, 0.3) is 0 Å². The van der Waals surface area contributed by atoms with Crippen LogP contribution in [-0.2, 0) is 0 Å². The lowest BCUT2D eigenvalue weighted by Crippen LogP contribution is -2.34. The van der Waals surface area contributed by atoms with E-state index in [-0.39, 0.29) is 5.41 Å². The van der Waals surface area contributed by atoms with Gasteiger partial charge in [0.1, 0.15) is 0 Å². The molecule has 120 valence electrons. The van der Waals surface area contributed by atoms with Crippen LogP contribution in [0.15, 0.2) is 0 Å². The summed E-state index contributed by atoms with van der Waals surface area (Å²) in [4.78, 5) is 15.0. The quantitative estimate of drug-likeness (QED) is 0.718. The van der Waals surface area contributed by atoms with Crippen molar-refractivity contribution in [2.45, 2.75) is 27.7 Å². The number of nitrogens with one attached hydrogen (secondary N) is 2. The fourth-order valence-corrected chi connectivity index (χ4v) is 2.10. The van der Waals surface area contributed by atoms with Crippen LogP contribution in [0.5, 0.6) is 6.01 Å². The summed E-state index contributed by atoms with van der Waals surface area (Å²) in [5.74, 6) is 1.07. The fraction of sp³-hybridized carbons (Fsp3) is 0.786. The first-order valence-corrected chi connectivity index (χ1v) is 7.37. The third-order valence-electron chi connectivity index (χ3n) is 2.69. The Hall–Kier alpha value is -1.63. The Kier molecular flexibility index (Phi) is 6.61. The minimum atomic E-state index is 0.111. The van der Waals surface area contributed by atoms with Crippen LogP contribution < -0.4 is 15.4 Å². The zero-order valence-corrected chi connectivity index (χ0v) is 14.0. The number of anilines is 2. The summed E-state index contributed by atoms with van der Waals surface area (Å²) in [6.07, 6.45) is 0. The molecule has 0 unspecified atom stereocenters. The Morgan fingerprint density at radius 3 is 2.19 bits per heavy atom. The van der Waals surface area contributed by atoms with E-state index in [1.807, 2.05) is 13.8 Å². The molecule has 0 saturated heterocycles. The maximum Gasteiger partial charge on any atom is 0.323 e. The van der Waals surface area contributed by atoms with Gasteiger partial charge in [0.2, 0.25) is 11.9 Å². The number of rotatable bonds is 9. The van der Waals surface area contributed by atoms with Crippen molar-refractivity contribution in [3.8, 4) is 6.01 Å². The molecule has 1 heterocycles. The predicted molar refractivity (Wildman–Crippen MR) is 86.0 cm³/mol. The van der Waals surface area contributed by atoms with E-state index in [2.05, 4.69) is 58.4 Å². The summed E-state index contributed by atoms with van der Waals surface area (Å²) in [5, 5.41) is 6.36. The molecule has 0 aliphatic rings. The number of hydrogen-bond donors (Lipinski definition) is 2. The molecule has 1 rings (SSSR count). The van der Waals surface area contributed by atoms with Gasteiger partial charge < -0.3 is 20.3 Å². The molecule has 0 atom stereocenters. The monoisotopic (exact) mass is 296 g/mol. The average Bonchev–Trinajstić information content (AvgIpc) is 2.36. The summed E-state index contributed by atoms with van der Waals surface area (Å²) in [7, 11) is 4.14. The zero-order valence-electron chi connectivity index (χ0n) is 14.0. The van der Waals surface area contributed by atoms with Crippen molar-refractivity contribution in [1.29, 1.82) is 0 Å². The summed E-state index contributed by atoms with van der Waals surface area (Å²) in [6, 6.07) is 0.344. The zero-order chi connectivity index (χ0) is 15.9. The lowest BCUT2D eigenvalue weighted by molar-refractivity contribution is 0.253. The van der Waals surface area contributed by atoms with E-state index in [4.69, 9.17) is 4.74 Å². The van der Waals surface area contributed by atoms with Gasteiger partial charge >= 0.3 is 6.01 Å². The second-order valence-electron chi connectivity index (χ2n) is 5.98. The number of nitrogens with zero attached hydrogens (tertiary/aromatic N) is 4. The van der Waals surface area contributed by atoms with Crippen LogP contribution >= 0.6 is 0 Å². The summed E-state index contributed by atoms with van der Waals surface area (Å²) < 4.78 is 5.38. The highest BCUT2D eigenvalue weighted by Crippen LogP contribution is 2.17. The smallest absolute Gasteiger partial charge is 0.323 e. The van der Waals surface area contributed by atoms with Gasteiger partial charge in [-0.3, -0.25) is 0 Å². The third kappa shape index (κ3) is 6.57. The van der Waals surface area contributed by atoms with Gasteiger partial charge in [-0.05, 0) is 33.4 Å². The SMILES string of the molecule is CCNc1nc(NCC(C)(C)CN(C)C)nc(OCC)n1. The maximum absolute atomic E-state index is 5.38. The van der Waals surface area contributed by atoms with Gasteiger partial charge in [-0.2, -0.15) is 15.0 Å². The Morgan fingerprint density at radius 1 is 1.05 bits per heavy atom. The van der Waals surface area contributed by atoms with Gasteiger partial charge in [0.05, 0.1) is 6.61 Å². The lowest BCUT2D eigenvalue weighted by Gasteiger charge is -2.28. The molecule has 0 aliphatic carbocycles. The summed E-state index contributed by atoms with van der Waals surface area (Å²) in [6.45, 7) is 11.3. The van der Waals surface area contributed by atoms with E-state index in [9.17, 15) is 0 Å². The fourth-order valence-electron chi connectivity index (χ4n) is 2.10. The lowest BCUT2D eigenvalue weighted by atomic mass is 9.93. The number of hydrogen-bond acceptors (Lipinski definition) is 7. The Bertz CT molecular complexity index is 411. The van der Waals surface area contributed by atoms with Gasteiger partial charge in [0.15, 0.2) is 0 Å². The molecule has 21 heavy (non-hydrogen) atoms. The molecule has 0 radical (unpaired) electrons. The second-order valence-corrected chi connectivity index (χ2v) is 5.98. The van der Waals surface area contributed by atoms with Crippen LogP contribution in [0.4, 0.5) is 11.9 Å². The molecule has 0 spiro atoms.